The lowest BCUT2D eigenvalue weighted by Crippen LogP contribution is -2.49. The molecule has 156 valence electrons. The summed E-state index contributed by atoms with van der Waals surface area (Å²) in [7, 11) is 0. The highest BCUT2D eigenvalue weighted by Crippen LogP contribution is 2.26. The standard InChI is InChI=1S/C22H26Cl2N2O3/c1-4-12-25-22(28)16(3)26(13-18-19(23)6-5-7-20(18)24)21(27)14-29-17-10-8-15(2)9-11-17/h5-11,16H,4,12-14H2,1-3H3,(H,25,28)/t16-/m1/s1. The Morgan fingerprint density at radius 3 is 2.31 bits per heavy atom. The molecule has 0 fully saturated rings. The number of ether oxygens (including phenoxy) is 1. The van der Waals surface area contributed by atoms with Crippen molar-refractivity contribution < 1.29 is 14.3 Å². The number of nitrogens with one attached hydrogen (secondary N) is 1. The van der Waals surface area contributed by atoms with Gasteiger partial charge in [0.25, 0.3) is 5.91 Å². The summed E-state index contributed by atoms with van der Waals surface area (Å²) in [5.74, 6) is 0.0159. The third-order valence-electron chi connectivity index (χ3n) is 4.49. The van der Waals surface area contributed by atoms with Crippen LogP contribution in [0.5, 0.6) is 5.75 Å². The molecule has 0 heterocycles. The monoisotopic (exact) mass is 436 g/mol. The first-order chi connectivity index (χ1) is 13.8. The molecular weight excluding hydrogens is 411 g/mol. The summed E-state index contributed by atoms with van der Waals surface area (Å²) in [6, 6.07) is 11.8. The minimum absolute atomic E-state index is 0.106. The maximum absolute atomic E-state index is 13.0. The molecule has 0 spiro atoms. The molecule has 0 unspecified atom stereocenters. The number of aryl methyl sites for hydroxylation is 1. The molecule has 1 N–H and O–H groups in total. The molecule has 0 aromatic heterocycles. The van der Waals surface area contributed by atoms with Crippen LogP contribution in [0, 0.1) is 6.92 Å². The van der Waals surface area contributed by atoms with Crippen molar-refractivity contribution in [2.75, 3.05) is 13.2 Å². The van der Waals surface area contributed by atoms with Crippen LogP contribution in [0.1, 0.15) is 31.4 Å². The Morgan fingerprint density at radius 2 is 1.72 bits per heavy atom. The topological polar surface area (TPSA) is 58.6 Å². The van der Waals surface area contributed by atoms with Gasteiger partial charge in [-0.15, -0.1) is 0 Å². The second-order valence-corrected chi connectivity index (χ2v) is 7.60. The summed E-state index contributed by atoms with van der Waals surface area (Å²) in [6.07, 6.45) is 0.805. The molecule has 2 aromatic rings. The molecule has 7 heteroatoms. The SMILES string of the molecule is CCCNC(=O)[C@@H](C)N(Cc1c(Cl)cccc1Cl)C(=O)COc1ccc(C)cc1. The first-order valence-corrected chi connectivity index (χ1v) is 10.3. The van der Waals surface area contributed by atoms with Crippen molar-refractivity contribution in [2.45, 2.75) is 39.8 Å². The maximum Gasteiger partial charge on any atom is 0.261 e. The molecule has 2 amide bonds. The molecule has 0 aliphatic heterocycles. The zero-order valence-corrected chi connectivity index (χ0v) is 18.4. The maximum atomic E-state index is 13.0. The summed E-state index contributed by atoms with van der Waals surface area (Å²) in [5, 5.41) is 3.70. The van der Waals surface area contributed by atoms with E-state index in [1.807, 2.05) is 26.0 Å². The second-order valence-electron chi connectivity index (χ2n) is 6.79. The molecule has 1 atom stereocenters. The molecule has 0 aliphatic carbocycles. The Bertz CT molecular complexity index is 820. The van der Waals surface area contributed by atoms with Crippen molar-refractivity contribution in [3.8, 4) is 5.75 Å². The van der Waals surface area contributed by atoms with Crippen LogP contribution in [0.2, 0.25) is 10.0 Å². The van der Waals surface area contributed by atoms with Gasteiger partial charge in [0.05, 0.1) is 0 Å². The number of rotatable bonds is 9. The van der Waals surface area contributed by atoms with Gasteiger partial charge in [-0.25, -0.2) is 0 Å². The molecule has 0 saturated heterocycles. The van der Waals surface area contributed by atoms with Crippen molar-refractivity contribution in [3.05, 3.63) is 63.6 Å². The molecular formula is C22H26Cl2N2O3. The number of nitrogens with zero attached hydrogens (tertiary/aromatic N) is 1. The predicted molar refractivity (Wildman–Crippen MR) is 116 cm³/mol. The van der Waals surface area contributed by atoms with Crippen molar-refractivity contribution in [3.63, 3.8) is 0 Å². The third kappa shape index (κ3) is 6.65. The highest BCUT2D eigenvalue weighted by Gasteiger charge is 2.27. The Balaban J connectivity index is 2.19. The first-order valence-electron chi connectivity index (χ1n) is 9.53. The van der Waals surface area contributed by atoms with Crippen LogP contribution in [0.4, 0.5) is 0 Å². The number of carbonyl (C=O) groups excluding carboxylic acids is 2. The van der Waals surface area contributed by atoms with E-state index in [9.17, 15) is 9.59 Å². The second kappa shape index (κ2) is 11.1. The lowest BCUT2D eigenvalue weighted by molar-refractivity contribution is -0.142. The van der Waals surface area contributed by atoms with Gasteiger partial charge in [0.2, 0.25) is 5.91 Å². The van der Waals surface area contributed by atoms with Crippen LogP contribution < -0.4 is 10.1 Å². The number of hydrogen-bond acceptors (Lipinski definition) is 3. The van der Waals surface area contributed by atoms with Crippen LogP contribution in [0.3, 0.4) is 0 Å². The quantitative estimate of drug-likeness (QED) is 0.623. The smallest absolute Gasteiger partial charge is 0.261 e. The largest absolute Gasteiger partial charge is 0.484 e. The van der Waals surface area contributed by atoms with Gasteiger partial charge in [0.15, 0.2) is 6.61 Å². The van der Waals surface area contributed by atoms with E-state index in [0.29, 0.717) is 27.9 Å². The van der Waals surface area contributed by atoms with Gasteiger partial charge in [-0.3, -0.25) is 9.59 Å². The summed E-state index contributed by atoms with van der Waals surface area (Å²) >= 11 is 12.6. The van der Waals surface area contributed by atoms with E-state index in [1.165, 1.54) is 4.90 Å². The van der Waals surface area contributed by atoms with Crippen LogP contribution in [-0.2, 0) is 16.1 Å². The lowest BCUT2D eigenvalue weighted by Gasteiger charge is -2.29. The summed E-state index contributed by atoms with van der Waals surface area (Å²) in [5.41, 5.74) is 1.69. The Hall–Kier alpha value is -2.24. The zero-order chi connectivity index (χ0) is 21.4. The van der Waals surface area contributed by atoms with Gasteiger partial charge >= 0.3 is 0 Å². The number of benzene rings is 2. The van der Waals surface area contributed by atoms with Crippen molar-refractivity contribution in [1.29, 1.82) is 0 Å². The molecule has 0 radical (unpaired) electrons. The van der Waals surface area contributed by atoms with Gasteiger partial charge in [0, 0.05) is 28.7 Å². The summed E-state index contributed by atoms with van der Waals surface area (Å²) < 4.78 is 5.62. The van der Waals surface area contributed by atoms with E-state index in [0.717, 1.165) is 12.0 Å². The van der Waals surface area contributed by atoms with Gasteiger partial charge in [-0.2, -0.15) is 0 Å². The molecule has 2 aromatic carbocycles. The summed E-state index contributed by atoms with van der Waals surface area (Å²) in [4.78, 5) is 26.9. The van der Waals surface area contributed by atoms with E-state index in [1.54, 1.807) is 37.3 Å². The van der Waals surface area contributed by atoms with Crippen LogP contribution in [-0.4, -0.2) is 35.9 Å². The Kier molecular flexibility index (Phi) is 8.80. The van der Waals surface area contributed by atoms with Gasteiger partial charge in [0.1, 0.15) is 11.8 Å². The minimum Gasteiger partial charge on any atom is -0.484 e. The predicted octanol–water partition coefficient (Wildman–Crippen LogP) is 4.62. The van der Waals surface area contributed by atoms with Gasteiger partial charge in [-0.05, 0) is 44.5 Å². The third-order valence-corrected chi connectivity index (χ3v) is 5.20. The van der Waals surface area contributed by atoms with Crippen molar-refractivity contribution >= 4 is 35.0 Å². The van der Waals surface area contributed by atoms with E-state index in [4.69, 9.17) is 27.9 Å². The molecule has 0 saturated carbocycles. The van der Waals surface area contributed by atoms with Crippen molar-refractivity contribution in [1.82, 2.24) is 10.2 Å². The number of carbonyl (C=O) groups is 2. The normalized spacial score (nSPS) is 11.6. The van der Waals surface area contributed by atoms with E-state index >= 15 is 0 Å². The van der Waals surface area contributed by atoms with Gasteiger partial charge in [-0.1, -0.05) is 53.9 Å². The summed E-state index contributed by atoms with van der Waals surface area (Å²) in [6.45, 7) is 6.07. The average molecular weight is 437 g/mol. The fourth-order valence-electron chi connectivity index (χ4n) is 2.69. The van der Waals surface area contributed by atoms with Crippen LogP contribution >= 0.6 is 23.2 Å². The highest BCUT2D eigenvalue weighted by molar-refractivity contribution is 6.36. The molecule has 5 nitrogen and oxygen atoms in total. The molecule has 2 rings (SSSR count). The fraction of sp³-hybridized carbons (Fsp3) is 0.364. The van der Waals surface area contributed by atoms with Gasteiger partial charge < -0.3 is 15.0 Å². The number of halogens is 2. The van der Waals surface area contributed by atoms with E-state index in [-0.39, 0.29) is 25.0 Å². The minimum atomic E-state index is -0.706. The number of hydrogen-bond donors (Lipinski definition) is 1. The Morgan fingerprint density at radius 1 is 1.10 bits per heavy atom. The van der Waals surface area contributed by atoms with E-state index < -0.39 is 6.04 Å². The highest BCUT2D eigenvalue weighted by atomic mass is 35.5. The van der Waals surface area contributed by atoms with E-state index in [2.05, 4.69) is 5.32 Å². The Labute approximate surface area is 181 Å². The van der Waals surface area contributed by atoms with Crippen LogP contribution in [0.15, 0.2) is 42.5 Å². The lowest BCUT2D eigenvalue weighted by atomic mass is 10.1. The molecule has 0 bridgehead atoms. The molecule has 29 heavy (non-hydrogen) atoms. The fourth-order valence-corrected chi connectivity index (χ4v) is 3.21. The molecule has 0 aliphatic rings. The first kappa shape index (κ1) is 23.0. The zero-order valence-electron chi connectivity index (χ0n) is 16.9. The van der Waals surface area contributed by atoms with Crippen molar-refractivity contribution in [2.24, 2.45) is 0 Å². The average Bonchev–Trinajstić information content (AvgIpc) is 2.70. The number of amides is 2. The van der Waals surface area contributed by atoms with Crippen LogP contribution in [0.25, 0.3) is 0 Å².